The Morgan fingerprint density at radius 3 is 2.29 bits per heavy atom. The monoisotopic (exact) mass is 278 g/mol. The van der Waals surface area contributed by atoms with Crippen molar-refractivity contribution in [3.8, 4) is 0 Å². The Bertz CT molecular complexity index is 259. The quantitative estimate of drug-likeness (QED) is 0.387. The number of rotatable bonds is 3. The molecule has 0 aliphatic heterocycles. The molecule has 1 aromatic carbocycles. The molecule has 0 aromatic heterocycles. The fourth-order valence-corrected chi connectivity index (χ4v) is 3.34. The molecular weight excluding hydrogens is 264 g/mol. The van der Waals surface area contributed by atoms with Crippen LogP contribution in [0.1, 0.15) is 0 Å². The number of halogens is 1. The van der Waals surface area contributed by atoms with Gasteiger partial charge in [-0.2, -0.15) is 35.5 Å². The summed E-state index contributed by atoms with van der Waals surface area (Å²) in [5.74, 6) is 0. The summed E-state index contributed by atoms with van der Waals surface area (Å²) in [6, 6.07) is 12.5. The smallest absolute Gasteiger partial charge is 1.00 e. The maximum absolute atomic E-state index is 3.80. The van der Waals surface area contributed by atoms with Gasteiger partial charge in [0.25, 0.3) is 0 Å². The third-order valence-electron chi connectivity index (χ3n) is 2.15. The van der Waals surface area contributed by atoms with Crippen molar-refractivity contribution in [3.63, 3.8) is 0 Å². The molecule has 0 saturated heterocycles. The first-order chi connectivity index (χ1) is 5.67. The van der Waals surface area contributed by atoms with Crippen LogP contribution in [0.25, 0.3) is 0 Å². The van der Waals surface area contributed by atoms with Gasteiger partial charge in [0.1, 0.15) is 0 Å². The molecule has 1 rings (SSSR count). The summed E-state index contributed by atoms with van der Waals surface area (Å²) in [6.07, 6.45) is 2.03. The molecule has 0 nitrogen and oxygen atoms in total. The van der Waals surface area contributed by atoms with Gasteiger partial charge in [0, 0.05) is 0 Å². The van der Waals surface area contributed by atoms with Gasteiger partial charge in [-0.3, -0.25) is 0 Å². The summed E-state index contributed by atoms with van der Waals surface area (Å²) >= 11 is 0. The van der Waals surface area contributed by atoms with Gasteiger partial charge >= 0.3 is 23.1 Å². The van der Waals surface area contributed by atoms with E-state index in [4.69, 9.17) is 0 Å². The topological polar surface area (TPSA) is 0 Å². The third kappa shape index (κ3) is 4.78. The molecule has 1 aromatic rings. The van der Waals surface area contributed by atoms with Crippen LogP contribution in [0.2, 0.25) is 19.1 Å². The average Bonchev–Trinajstić information content (AvgIpc) is 2.06. The van der Waals surface area contributed by atoms with Crippen LogP contribution in [0, 0.1) is 6.07 Å². The van der Waals surface area contributed by atoms with E-state index in [-0.39, 0.29) is 40.0 Å². The molecule has 0 amide bonds. The SMILES string of the molecule is C=CC[Si](C)(C)c1cc[c-]cc1.[Br-].[Mg+2]. The summed E-state index contributed by atoms with van der Waals surface area (Å²) in [6.45, 7) is 8.53. The molecule has 0 atom stereocenters. The van der Waals surface area contributed by atoms with Gasteiger partial charge < -0.3 is 17.0 Å². The zero-order valence-corrected chi connectivity index (χ0v) is 12.9. The van der Waals surface area contributed by atoms with Crippen molar-refractivity contribution in [1.29, 1.82) is 0 Å². The van der Waals surface area contributed by atoms with Crippen LogP contribution in [-0.4, -0.2) is 31.1 Å². The summed E-state index contributed by atoms with van der Waals surface area (Å²) in [4.78, 5) is 0. The molecule has 0 unspecified atom stereocenters. The summed E-state index contributed by atoms with van der Waals surface area (Å²) in [7, 11) is -1.22. The van der Waals surface area contributed by atoms with E-state index in [2.05, 4.69) is 37.9 Å². The van der Waals surface area contributed by atoms with Gasteiger partial charge in [-0.25, -0.2) is 0 Å². The van der Waals surface area contributed by atoms with Crippen LogP contribution in [0.3, 0.4) is 0 Å². The van der Waals surface area contributed by atoms with E-state index in [9.17, 15) is 0 Å². The molecular formula is C11H15BrMgSi. The zero-order valence-electron chi connectivity index (χ0n) is 8.89. The molecule has 0 saturated carbocycles. The van der Waals surface area contributed by atoms with Crippen molar-refractivity contribution in [2.45, 2.75) is 19.1 Å². The normalized spacial score (nSPS) is 9.57. The van der Waals surface area contributed by atoms with Gasteiger partial charge in [0.15, 0.2) is 0 Å². The van der Waals surface area contributed by atoms with E-state index in [1.807, 2.05) is 18.2 Å². The van der Waals surface area contributed by atoms with Gasteiger partial charge in [0.2, 0.25) is 0 Å². The molecule has 0 aliphatic carbocycles. The minimum atomic E-state index is -1.22. The average molecular weight is 280 g/mol. The van der Waals surface area contributed by atoms with E-state index >= 15 is 0 Å². The molecule has 0 spiro atoms. The first kappa shape index (κ1) is 16.8. The largest absolute Gasteiger partial charge is 2.00 e. The molecule has 14 heavy (non-hydrogen) atoms. The Morgan fingerprint density at radius 1 is 1.36 bits per heavy atom. The fraction of sp³-hybridized carbons (Fsp3) is 0.273. The van der Waals surface area contributed by atoms with Crippen molar-refractivity contribution in [2.75, 3.05) is 0 Å². The second kappa shape index (κ2) is 7.68. The minimum Gasteiger partial charge on any atom is -1.00 e. The molecule has 0 radical (unpaired) electrons. The Kier molecular flexibility index (Phi) is 9.24. The van der Waals surface area contributed by atoms with Crippen molar-refractivity contribution in [2.24, 2.45) is 0 Å². The van der Waals surface area contributed by atoms with Crippen LogP contribution in [0.4, 0.5) is 0 Å². The van der Waals surface area contributed by atoms with Crippen LogP contribution < -0.4 is 22.2 Å². The van der Waals surface area contributed by atoms with Crippen molar-refractivity contribution >= 4 is 36.3 Å². The Hall–Kier alpha value is 0.423. The summed E-state index contributed by atoms with van der Waals surface area (Å²) in [5.41, 5.74) is 0. The van der Waals surface area contributed by atoms with Crippen LogP contribution in [0.5, 0.6) is 0 Å². The van der Waals surface area contributed by atoms with Gasteiger partial charge in [0.05, 0.1) is 8.07 Å². The Balaban J connectivity index is 0. The van der Waals surface area contributed by atoms with Gasteiger partial charge in [-0.1, -0.05) is 19.2 Å². The van der Waals surface area contributed by atoms with E-state index < -0.39 is 8.07 Å². The predicted octanol–water partition coefficient (Wildman–Crippen LogP) is -0.789. The predicted molar refractivity (Wildman–Crippen MR) is 63.2 cm³/mol. The van der Waals surface area contributed by atoms with Crippen molar-refractivity contribution in [1.82, 2.24) is 0 Å². The van der Waals surface area contributed by atoms with E-state index in [0.717, 1.165) is 6.04 Å². The Morgan fingerprint density at radius 2 is 1.86 bits per heavy atom. The summed E-state index contributed by atoms with van der Waals surface area (Å²) in [5, 5.41) is 1.49. The van der Waals surface area contributed by atoms with Crippen molar-refractivity contribution in [3.05, 3.63) is 43.0 Å². The van der Waals surface area contributed by atoms with Gasteiger partial charge in [-0.05, 0) is 6.04 Å². The number of benzene rings is 1. The molecule has 0 fully saturated rings. The number of allylic oxidation sites excluding steroid dienone is 1. The molecule has 0 heterocycles. The molecule has 3 heteroatoms. The minimum absolute atomic E-state index is 0. The first-order valence-electron chi connectivity index (χ1n) is 4.24. The van der Waals surface area contributed by atoms with Crippen LogP contribution >= 0.6 is 0 Å². The molecule has 0 bridgehead atoms. The van der Waals surface area contributed by atoms with Crippen molar-refractivity contribution < 1.29 is 17.0 Å². The molecule has 0 aliphatic rings. The maximum atomic E-state index is 3.80. The first-order valence-corrected chi connectivity index (χ1v) is 7.45. The fourth-order valence-electron chi connectivity index (χ4n) is 1.32. The second-order valence-corrected chi connectivity index (χ2v) is 8.42. The van der Waals surface area contributed by atoms with E-state index in [1.54, 1.807) is 0 Å². The maximum Gasteiger partial charge on any atom is 2.00 e. The van der Waals surface area contributed by atoms with E-state index in [0.29, 0.717) is 0 Å². The van der Waals surface area contributed by atoms with Crippen LogP contribution in [-0.2, 0) is 0 Å². The van der Waals surface area contributed by atoms with E-state index in [1.165, 1.54) is 5.19 Å². The summed E-state index contributed by atoms with van der Waals surface area (Å²) < 4.78 is 0. The standard InChI is InChI=1S/C11H15Si.BrH.Mg/c1-4-10-12(2,3)11-8-6-5-7-9-11;;/h4,6-9H,1,10H2,2-3H3;1H;/q-1;;+2/p-1. The molecule has 72 valence electrons. The third-order valence-corrected chi connectivity index (χ3v) is 5.36. The van der Waals surface area contributed by atoms with Crippen LogP contribution in [0.15, 0.2) is 36.9 Å². The zero-order chi connectivity index (χ0) is 9.03. The number of hydrogen-bond donors (Lipinski definition) is 0. The second-order valence-electron chi connectivity index (χ2n) is 3.67. The number of hydrogen-bond acceptors (Lipinski definition) is 0. The Labute approximate surface area is 115 Å². The molecule has 0 N–H and O–H groups in total. The van der Waals surface area contributed by atoms with Gasteiger partial charge in [-0.15, -0.1) is 6.58 Å².